The third-order valence-corrected chi connectivity index (χ3v) is 5.27. The van der Waals surface area contributed by atoms with Gasteiger partial charge in [-0.15, -0.1) is 0 Å². The second kappa shape index (κ2) is 7.29. The molecule has 0 saturated carbocycles. The summed E-state index contributed by atoms with van der Waals surface area (Å²) in [4.78, 5) is 15.1. The molecule has 0 fully saturated rings. The van der Waals surface area contributed by atoms with Crippen LogP contribution in [0.15, 0.2) is 42.5 Å². The van der Waals surface area contributed by atoms with Crippen molar-refractivity contribution in [1.29, 1.82) is 0 Å². The van der Waals surface area contributed by atoms with Crippen LogP contribution in [0, 0.1) is 6.92 Å². The highest BCUT2D eigenvalue weighted by Crippen LogP contribution is 2.37. The minimum Gasteiger partial charge on any atom is -0.454 e. The summed E-state index contributed by atoms with van der Waals surface area (Å²) in [5.74, 6) is 2.61. The van der Waals surface area contributed by atoms with E-state index in [9.17, 15) is 4.79 Å². The van der Waals surface area contributed by atoms with E-state index in [4.69, 9.17) is 18.9 Å². The normalized spacial score (nSPS) is 13.5. The lowest BCUT2D eigenvalue weighted by Crippen LogP contribution is -2.30. The average molecular weight is 407 g/mol. The number of hydrogen-bond donors (Lipinski definition) is 0. The molecular weight excluding hydrogens is 386 g/mol. The molecule has 2 aliphatic rings. The molecule has 0 atom stereocenters. The first-order chi connectivity index (χ1) is 14.6. The van der Waals surface area contributed by atoms with Crippen LogP contribution in [0.3, 0.4) is 0 Å². The van der Waals surface area contributed by atoms with Crippen molar-refractivity contribution in [2.24, 2.45) is 7.05 Å². The summed E-state index contributed by atoms with van der Waals surface area (Å²) >= 11 is 0. The van der Waals surface area contributed by atoms with Crippen LogP contribution in [0.4, 0.5) is 0 Å². The summed E-state index contributed by atoms with van der Waals surface area (Å²) in [6.07, 6.45) is 0. The quantitative estimate of drug-likeness (QED) is 0.647. The van der Waals surface area contributed by atoms with Gasteiger partial charge in [-0.2, -0.15) is 5.10 Å². The van der Waals surface area contributed by atoms with E-state index in [-0.39, 0.29) is 19.5 Å². The number of benzene rings is 2. The van der Waals surface area contributed by atoms with Crippen molar-refractivity contribution in [3.8, 4) is 23.0 Å². The van der Waals surface area contributed by atoms with Gasteiger partial charge in [0, 0.05) is 24.8 Å². The van der Waals surface area contributed by atoms with Crippen molar-refractivity contribution in [3.05, 3.63) is 65.0 Å². The van der Waals surface area contributed by atoms with Gasteiger partial charge in [0.25, 0.3) is 5.91 Å². The van der Waals surface area contributed by atoms with Gasteiger partial charge in [0.05, 0.1) is 6.54 Å². The Balaban J connectivity index is 1.47. The number of ether oxygens (including phenoxy) is 4. The summed E-state index contributed by atoms with van der Waals surface area (Å²) in [5.41, 5.74) is 3.14. The fourth-order valence-corrected chi connectivity index (χ4v) is 3.61. The molecule has 1 amide bonds. The molecule has 0 saturated heterocycles. The maximum Gasteiger partial charge on any atom is 0.274 e. The van der Waals surface area contributed by atoms with E-state index in [0.717, 1.165) is 16.8 Å². The molecule has 2 aromatic carbocycles. The monoisotopic (exact) mass is 407 g/mol. The summed E-state index contributed by atoms with van der Waals surface area (Å²) in [7, 11) is 1.82. The number of carbonyl (C=O) groups is 1. The smallest absolute Gasteiger partial charge is 0.274 e. The van der Waals surface area contributed by atoms with Gasteiger partial charge in [-0.05, 0) is 36.8 Å². The van der Waals surface area contributed by atoms with E-state index >= 15 is 0 Å². The van der Waals surface area contributed by atoms with E-state index in [1.54, 1.807) is 15.6 Å². The van der Waals surface area contributed by atoms with E-state index in [1.165, 1.54) is 0 Å². The van der Waals surface area contributed by atoms with Crippen LogP contribution in [0.2, 0.25) is 0 Å². The van der Waals surface area contributed by atoms with Crippen LogP contribution in [0.1, 0.15) is 27.3 Å². The van der Waals surface area contributed by atoms with Crippen molar-refractivity contribution in [2.45, 2.75) is 20.0 Å². The van der Waals surface area contributed by atoms with Crippen LogP contribution < -0.4 is 18.9 Å². The highest BCUT2D eigenvalue weighted by molar-refractivity contribution is 5.92. The highest BCUT2D eigenvalue weighted by Gasteiger charge is 2.25. The van der Waals surface area contributed by atoms with Crippen LogP contribution >= 0.6 is 0 Å². The molecule has 0 aliphatic carbocycles. The van der Waals surface area contributed by atoms with Crippen molar-refractivity contribution < 1.29 is 23.7 Å². The molecule has 2 aliphatic heterocycles. The van der Waals surface area contributed by atoms with E-state index in [0.29, 0.717) is 41.8 Å². The van der Waals surface area contributed by atoms with Gasteiger partial charge in [0.15, 0.2) is 28.7 Å². The number of para-hydroxylation sites is 1. The summed E-state index contributed by atoms with van der Waals surface area (Å²) in [5, 5.41) is 4.37. The zero-order chi connectivity index (χ0) is 20.7. The Hall–Kier alpha value is -3.68. The molecule has 8 heteroatoms. The number of aryl methyl sites for hydroxylation is 2. The first-order valence-corrected chi connectivity index (χ1v) is 9.64. The standard InChI is InChI=1S/C22H21N3O5/c1-14-8-17(23-24(14)2)22(26)25(10-15-6-7-18-20(9-15)29-12-27-18)11-16-4-3-5-19-21(16)30-13-28-19/h3-9H,10-13H2,1-2H3. The lowest BCUT2D eigenvalue weighted by molar-refractivity contribution is 0.0721. The zero-order valence-electron chi connectivity index (χ0n) is 16.8. The van der Waals surface area contributed by atoms with Gasteiger partial charge in [-0.3, -0.25) is 9.48 Å². The molecule has 0 unspecified atom stereocenters. The summed E-state index contributed by atoms with van der Waals surface area (Å²) < 4.78 is 23.7. The van der Waals surface area contributed by atoms with Crippen LogP contribution in [0.25, 0.3) is 0 Å². The predicted octanol–water partition coefficient (Wildman–Crippen LogP) is 3.03. The second-order valence-electron chi connectivity index (χ2n) is 7.29. The highest BCUT2D eigenvalue weighted by atomic mass is 16.7. The molecule has 3 aromatic rings. The lowest BCUT2D eigenvalue weighted by atomic mass is 10.1. The zero-order valence-corrected chi connectivity index (χ0v) is 16.8. The molecule has 8 nitrogen and oxygen atoms in total. The molecule has 0 N–H and O–H groups in total. The molecule has 30 heavy (non-hydrogen) atoms. The molecule has 3 heterocycles. The van der Waals surface area contributed by atoms with Crippen molar-refractivity contribution >= 4 is 5.91 Å². The Kier molecular flexibility index (Phi) is 4.46. The van der Waals surface area contributed by atoms with Gasteiger partial charge in [-0.25, -0.2) is 0 Å². The van der Waals surface area contributed by atoms with E-state index in [1.807, 2.05) is 50.4 Å². The van der Waals surface area contributed by atoms with E-state index in [2.05, 4.69) is 5.10 Å². The number of fused-ring (bicyclic) bond motifs is 2. The van der Waals surface area contributed by atoms with Crippen LogP contribution in [-0.4, -0.2) is 34.2 Å². The lowest BCUT2D eigenvalue weighted by Gasteiger charge is -2.23. The molecule has 5 rings (SSSR count). The molecule has 0 bridgehead atoms. The Bertz CT molecular complexity index is 1100. The maximum atomic E-state index is 13.4. The largest absolute Gasteiger partial charge is 0.454 e. The van der Waals surface area contributed by atoms with Crippen molar-refractivity contribution in [2.75, 3.05) is 13.6 Å². The number of rotatable bonds is 5. The topological polar surface area (TPSA) is 75.1 Å². The van der Waals surface area contributed by atoms with Crippen molar-refractivity contribution in [3.63, 3.8) is 0 Å². The number of carbonyl (C=O) groups excluding carboxylic acids is 1. The van der Waals surface area contributed by atoms with Gasteiger partial charge in [-0.1, -0.05) is 18.2 Å². The van der Waals surface area contributed by atoms with Crippen molar-refractivity contribution in [1.82, 2.24) is 14.7 Å². The minimum absolute atomic E-state index is 0.159. The summed E-state index contributed by atoms with van der Waals surface area (Å²) in [6.45, 7) is 3.05. The third-order valence-electron chi connectivity index (χ3n) is 5.27. The fourth-order valence-electron chi connectivity index (χ4n) is 3.61. The van der Waals surface area contributed by atoms with Gasteiger partial charge >= 0.3 is 0 Å². The number of aromatic nitrogens is 2. The number of nitrogens with zero attached hydrogens (tertiary/aromatic N) is 3. The first-order valence-electron chi connectivity index (χ1n) is 9.64. The van der Waals surface area contributed by atoms with Gasteiger partial charge in [0.2, 0.25) is 13.6 Å². The van der Waals surface area contributed by atoms with Crippen LogP contribution in [0.5, 0.6) is 23.0 Å². The Labute approximate surface area is 173 Å². The van der Waals surface area contributed by atoms with Crippen LogP contribution in [-0.2, 0) is 20.1 Å². The van der Waals surface area contributed by atoms with Gasteiger partial charge < -0.3 is 23.8 Å². The fraction of sp³-hybridized carbons (Fsp3) is 0.273. The Morgan fingerprint density at radius 1 is 1.00 bits per heavy atom. The number of hydrogen-bond acceptors (Lipinski definition) is 6. The molecule has 1 aromatic heterocycles. The van der Waals surface area contributed by atoms with E-state index < -0.39 is 0 Å². The first kappa shape index (κ1) is 18.4. The SMILES string of the molecule is Cc1cc(C(=O)N(Cc2ccc3c(c2)OCO3)Cc2cccc3c2OCO3)nn1C. The van der Waals surface area contributed by atoms with Gasteiger partial charge in [0.1, 0.15) is 0 Å². The average Bonchev–Trinajstić information content (AvgIpc) is 3.47. The predicted molar refractivity (Wildman–Crippen MR) is 107 cm³/mol. The minimum atomic E-state index is -0.159. The number of amides is 1. The molecule has 154 valence electrons. The third kappa shape index (κ3) is 3.30. The maximum absolute atomic E-state index is 13.4. The summed E-state index contributed by atoms with van der Waals surface area (Å²) in [6, 6.07) is 13.2. The molecule has 0 radical (unpaired) electrons. The Morgan fingerprint density at radius 3 is 2.63 bits per heavy atom. The Morgan fingerprint density at radius 2 is 1.80 bits per heavy atom. The molecular formula is C22H21N3O5. The second-order valence-corrected chi connectivity index (χ2v) is 7.29. The molecule has 0 spiro atoms.